The van der Waals surface area contributed by atoms with Gasteiger partial charge < -0.3 is 15.2 Å². The topological polar surface area (TPSA) is 92.9 Å². The number of carbonyl (C=O) groups is 1. The smallest absolute Gasteiger partial charge is 0.315 e. The minimum Gasteiger partial charge on any atom is -0.336 e. The molecular weight excluding hydrogens is 373 g/mol. The van der Waals surface area contributed by atoms with Gasteiger partial charge in [-0.15, -0.1) is 0 Å². The molecule has 0 saturated heterocycles. The monoisotopic (exact) mass is 395 g/mol. The van der Waals surface area contributed by atoms with Gasteiger partial charge in [-0.1, -0.05) is 36.6 Å². The zero-order chi connectivity index (χ0) is 20.1. The Bertz CT molecular complexity index is 970. The van der Waals surface area contributed by atoms with Crippen molar-refractivity contribution in [3.63, 3.8) is 0 Å². The Balaban J connectivity index is 1.49. The highest BCUT2D eigenvalue weighted by Gasteiger charge is 2.40. The summed E-state index contributed by atoms with van der Waals surface area (Å²) in [5.74, 6) is 0.513. The van der Waals surface area contributed by atoms with Crippen molar-refractivity contribution >= 4 is 6.03 Å². The third-order valence-electron chi connectivity index (χ3n) is 5.16. The predicted molar refractivity (Wildman–Crippen MR) is 104 cm³/mol. The number of pyridine rings is 1. The molecule has 1 fully saturated rings. The van der Waals surface area contributed by atoms with E-state index in [1.165, 1.54) is 12.1 Å². The lowest BCUT2D eigenvalue weighted by molar-refractivity contribution is 0.167. The van der Waals surface area contributed by atoms with E-state index in [1.54, 1.807) is 30.6 Å². The molecule has 7 nitrogen and oxygen atoms in total. The molecular formula is C21H22FN5O2. The molecule has 1 aliphatic carbocycles. The molecule has 0 bridgehead atoms. The molecule has 1 saturated carbocycles. The van der Waals surface area contributed by atoms with Crippen molar-refractivity contribution in [3.8, 4) is 11.4 Å². The van der Waals surface area contributed by atoms with Gasteiger partial charge in [0.15, 0.2) is 0 Å². The number of nitrogens with one attached hydrogen (secondary N) is 2. The average Bonchev–Trinajstić information content (AvgIpc) is 3.25. The van der Waals surface area contributed by atoms with Crippen molar-refractivity contribution in [2.75, 3.05) is 0 Å². The number of rotatable bonds is 5. The van der Waals surface area contributed by atoms with Crippen LogP contribution in [0.4, 0.5) is 9.18 Å². The van der Waals surface area contributed by atoms with Crippen LogP contribution in [0, 0.1) is 5.82 Å². The first-order valence-corrected chi connectivity index (χ1v) is 9.70. The van der Waals surface area contributed by atoms with Crippen LogP contribution in [-0.2, 0) is 12.1 Å². The van der Waals surface area contributed by atoms with Crippen LogP contribution in [0.25, 0.3) is 11.4 Å². The van der Waals surface area contributed by atoms with Gasteiger partial charge in [0.1, 0.15) is 11.4 Å². The Morgan fingerprint density at radius 3 is 2.79 bits per heavy atom. The summed E-state index contributed by atoms with van der Waals surface area (Å²) >= 11 is 0. The molecule has 2 heterocycles. The van der Waals surface area contributed by atoms with Gasteiger partial charge in [0.05, 0.1) is 0 Å². The second-order valence-electron chi connectivity index (χ2n) is 7.25. The van der Waals surface area contributed by atoms with Gasteiger partial charge in [-0.25, -0.2) is 9.18 Å². The van der Waals surface area contributed by atoms with E-state index < -0.39 is 5.54 Å². The third-order valence-corrected chi connectivity index (χ3v) is 5.16. The van der Waals surface area contributed by atoms with Gasteiger partial charge in [-0.2, -0.15) is 4.98 Å². The summed E-state index contributed by atoms with van der Waals surface area (Å²) in [6, 6.07) is 9.46. The average molecular weight is 395 g/mol. The van der Waals surface area contributed by atoms with Crippen LogP contribution in [0.2, 0.25) is 0 Å². The van der Waals surface area contributed by atoms with Gasteiger partial charge in [0, 0.05) is 24.5 Å². The van der Waals surface area contributed by atoms with Crippen LogP contribution < -0.4 is 10.6 Å². The fourth-order valence-corrected chi connectivity index (χ4v) is 3.67. The standard InChI is InChI=1S/C21H22FN5O2/c22-17-8-4-6-15(12-17)13-24-20(28)26-21(9-2-1-3-10-21)19-25-18(27-29-19)16-7-5-11-23-14-16/h4-8,11-12,14H,1-3,9-10,13H2,(H2,24,26,28). The third kappa shape index (κ3) is 4.42. The van der Waals surface area contributed by atoms with Crippen LogP contribution in [-0.4, -0.2) is 21.2 Å². The summed E-state index contributed by atoms with van der Waals surface area (Å²) in [5, 5.41) is 9.91. The van der Waals surface area contributed by atoms with E-state index in [9.17, 15) is 9.18 Å². The van der Waals surface area contributed by atoms with Crippen LogP contribution in [0.15, 0.2) is 53.3 Å². The molecule has 1 aliphatic rings. The van der Waals surface area contributed by atoms with Crippen LogP contribution in [0.5, 0.6) is 0 Å². The number of benzene rings is 1. The first-order valence-electron chi connectivity index (χ1n) is 9.70. The van der Waals surface area contributed by atoms with Crippen LogP contribution in [0.1, 0.15) is 43.6 Å². The number of amides is 2. The summed E-state index contributed by atoms with van der Waals surface area (Å²) < 4.78 is 18.9. The number of hydrogen-bond acceptors (Lipinski definition) is 5. The Morgan fingerprint density at radius 2 is 2.03 bits per heavy atom. The fourth-order valence-electron chi connectivity index (χ4n) is 3.67. The maximum Gasteiger partial charge on any atom is 0.315 e. The molecule has 0 unspecified atom stereocenters. The van der Waals surface area contributed by atoms with E-state index >= 15 is 0 Å². The van der Waals surface area contributed by atoms with Crippen LogP contribution in [0.3, 0.4) is 0 Å². The van der Waals surface area contributed by atoms with E-state index in [0.29, 0.717) is 17.3 Å². The first-order chi connectivity index (χ1) is 14.1. The maximum absolute atomic E-state index is 13.3. The number of halogens is 1. The largest absolute Gasteiger partial charge is 0.336 e. The summed E-state index contributed by atoms with van der Waals surface area (Å²) in [6.45, 7) is 0.227. The van der Waals surface area contributed by atoms with Gasteiger partial charge in [0.25, 0.3) is 5.89 Å². The highest BCUT2D eigenvalue weighted by Crippen LogP contribution is 2.37. The second kappa shape index (κ2) is 8.38. The zero-order valence-corrected chi connectivity index (χ0v) is 15.9. The van der Waals surface area contributed by atoms with Crippen molar-refractivity contribution in [3.05, 3.63) is 66.1 Å². The molecule has 0 radical (unpaired) electrons. The number of carbonyl (C=O) groups excluding carboxylic acids is 1. The Kier molecular flexibility index (Phi) is 5.50. The molecule has 0 aliphatic heterocycles. The molecule has 3 aromatic rings. The summed E-state index contributed by atoms with van der Waals surface area (Å²) in [4.78, 5) is 21.2. The molecule has 2 aromatic heterocycles. The first kappa shape index (κ1) is 19.0. The highest BCUT2D eigenvalue weighted by atomic mass is 19.1. The van der Waals surface area contributed by atoms with Crippen molar-refractivity contribution < 1.29 is 13.7 Å². The minimum absolute atomic E-state index is 0.227. The SMILES string of the molecule is O=C(NCc1cccc(F)c1)NC1(c2nc(-c3cccnc3)no2)CCCCC1. The zero-order valence-electron chi connectivity index (χ0n) is 15.9. The van der Waals surface area contributed by atoms with E-state index in [-0.39, 0.29) is 18.4 Å². The maximum atomic E-state index is 13.3. The normalized spacial score (nSPS) is 15.6. The number of urea groups is 1. The van der Waals surface area contributed by atoms with Gasteiger partial charge in [0.2, 0.25) is 5.82 Å². The molecule has 8 heteroatoms. The molecule has 29 heavy (non-hydrogen) atoms. The van der Waals surface area contributed by atoms with Gasteiger partial charge in [-0.05, 0) is 42.7 Å². The van der Waals surface area contributed by atoms with E-state index in [1.807, 2.05) is 6.07 Å². The van der Waals surface area contributed by atoms with E-state index in [2.05, 4.69) is 25.8 Å². The molecule has 0 atom stereocenters. The Hall–Kier alpha value is -3.29. The van der Waals surface area contributed by atoms with Gasteiger partial charge >= 0.3 is 6.03 Å². The van der Waals surface area contributed by atoms with Gasteiger partial charge in [-0.3, -0.25) is 4.98 Å². The van der Waals surface area contributed by atoms with Crippen molar-refractivity contribution in [1.82, 2.24) is 25.8 Å². The molecule has 4 rings (SSSR count). The molecule has 150 valence electrons. The summed E-state index contributed by atoms with van der Waals surface area (Å²) in [6.07, 6.45) is 7.78. The number of aromatic nitrogens is 3. The quantitative estimate of drug-likeness (QED) is 0.683. The Labute approximate surface area is 167 Å². The lowest BCUT2D eigenvalue weighted by Crippen LogP contribution is -2.51. The van der Waals surface area contributed by atoms with E-state index in [0.717, 1.165) is 37.7 Å². The lowest BCUT2D eigenvalue weighted by Gasteiger charge is -2.34. The number of hydrogen-bond donors (Lipinski definition) is 2. The molecule has 0 spiro atoms. The second-order valence-corrected chi connectivity index (χ2v) is 7.25. The van der Waals surface area contributed by atoms with E-state index in [4.69, 9.17) is 4.52 Å². The number of nitrogens with zero attached hydrogens (tertiary/aromatic N) is 3. The van der Waals surface area contributed by atoms with Crippen molar-refractivity contribution in [1.29, 1.82) is 0 Å². The predicted octanol–water partition coefficient (Wildman–Crippen LogP) is 3.93. The molecule has 2 N–H and O–H groups in total. The molecule has 1 aromatic carbocycles. The summed E-state index contributed by atoms with van der Waals surface area (Å²) in [5.41, 5.74) is 0.732. The molecule has 2 amide bonds. The summed E-state index contributed by atoms with van der Waals surface area (Å²) in [7, 11) is 0. The van der Waals surface area contributed by atoms with Crippen molar-refractivity contribution in [2.45, 2.75) is 44.2 Å². The highest BCUT2D eigenvalue weighted by molar-refractivity contribution is 5.75. The Morgan fingerprint density at radius 1 is 1.17 bits per heavy atom. The van der Waals surface area contributed by atoms with Crippen molar-refractivity contribution in [2.24, 2.45) is 0 Å². The van der Waals surface area contributed by atoms with Crippen LogP contribution >= 0.6 is 0 Å². The minimum atomic E-state index is -0.711. The fraction of sp³-hybridized carbons (Fsp3) is 0.333. The lowest BCUT2D eigenvalue weighted by atomic mass is 9.81.